The Morgan fingerprint density at radius 1 is 0.943 bits per heavy atom. The summed E-state index contributed by atoms with van der Waals surface area (Å²) in [5.41, 5.74) is 4.40. The first-order valence-electron chi connectivity index (χ1n) is 16.9. The number of hydrogen-bond donors (Lipinski definition) is 3. The van der Waals surface area contributed by atoms with E-state index in [0.29, 0.717) is 5.56 Å². The predicted octanol–water partition coefficient (Wildman–Crippen LogP) is 5.13. The van der Waals surface area contributed by atoms with Gasteiger partial charge in [-0.05, 0) is 68.1 Å². The molecule has 5 rings (SSSR count). The zero-order valence-electron chi connectivity index (χ0n) is 29.1. The van der Waals surface area contributed by atoms with Crippen molar-refractivity contribution in [3.8, 4) is 0 Å². The lowest BCUT2D eigenvalue weighted by Gasteiger charge is -2.34. The van der Waals surface area contributed by atoms with E-state index in [1.165, 1.54) is 72.0 Å². The molecule has 3 amide bonds. The van der Waals surface area contributed by atoms with Crippen molar-refractivity contribution < 1.29 is 41.5 Å². The minimum absolute atomic E-state index is 0.0846. The Balaban J connectivity index is 1.36. The quantitative estimate of drug-likeness (QED) is 0.127. The first-order valence-corrected chi connectivity index (χ1v) is 16.9. The summed E-state index contributed by atoms with van der Waals surface area (Å²) in [7, 11) is 0. The van der Waals surface area contributed by atoms with Crippen molar-refractivity contribution >= 4 is 29.3 Å². The Bertz CT molecular complexity index is 1900. The van der Waals surface area contributed by atoms with Gasteiger partial charge in [-0.15, -0.1) is 0 Å². The van der Waals surface area contributed by atoms with Gasteiger partial charge in [-0.3, -0.25) is 19.2 Å². The molecule has 0 aliphatic carbocycles. The van der Waals surface area contributed by atoms with E-state index in [1.807, 2.05) is 30.3 Å². The van der Waals surface area contributed by atoms with Crippen molar-refractivity contribution in [3.63, 3.8) is 0 Å². The molecular weight excluding hydrogens is 696 g/mol. The van der Waals surface area contributed by atoms with Crippen molar-refractivity contribution in [1.29, 1.82) is 0 Å². The van der Waals surface area contributed by atoms with Crippen LogP contribution in [0, 0.1) is 11.7 Å². The molecule has 3 aromatic carbocycles. The van der Waals surface area contributed by atoms with E-state index in [0.717, 1.165) is 18.0 Å². The molecule has 1 saturated heterocycles. The smallest absolute Gasteiger partial charge is 0.374 e. The molecule has 53 heavy (non-hydrogen) atoms. The largest absolute Gasteiger partial charge is 0.416 e. The number of anilines is 1. The van der Waals surface area contributed by atoms with E-state index in [1.54, 1.807) is 0 Å². The van der Waals surface area contributed by atoms with Crippen LogP contribution in [0.1, 0.15) is 59.8 Å². The molecule has 11 nitrogen and oxygen atoms in total. The van der Waals surface area contributed by atoms with Crippen LogP contribution in [0.2, 0.25) is 0 Å². The number of carbonyl (C=O) groups is 4. The molecule has 0 bridgehead atoms. The van der Waals surface area contributed by atoms with E-state index in [-0.39, 0.29) is 56.3 Å². The van der Waals surface area contributed by atoms with Gasteiger partial charge in [-0.2, -0.15) is 13.2 Å². The van der Waals surface area contributed by atoms with E-state index in [2.05, 4.69) is 15.6 Å². The number of Topliss-reactive ketones (excluding diaryl/α,β-unsaturated/α-hetero) is 1. The molecule has 280 valence electrons. The minimum Gasteiger partial charge on any atom is -0.374 e. The Labute approximate surface area is 303 Å². The van der Waals surface area contributed by atoms with Crippen LogP contribution in [0.3, 0.4) is 0 Å². The topological polar surface area (TPSA) is 149 Å². The Morgan fingerprint density at radius 3 is 2.23 bits per heavy atom. The number of imidazole rings is 1. The number of ketones is 1. The average Bonchev–Trinajstić information content (AvgIpc) is 3.58. The van der Waals surface area contributed by atoms with Gasteiger partial charge in [0.15, 0.2) is 11.6 Å². The van der Waals surface area contributed by atoms with Gasteiger partial charge in [0.05, 0.1) is 30.6 Å². The molecule has 4 N–H and O–H groups in total. The van der Waals surface area contributed by atoms with E-state index in [4.69, 9.17) is 10.5 Å². The molecule has 2 atom stereocenters. The molecule has 2 unspecified atom stereocenters. The molecule has 4 aromatic rings. The van der Waals surface area contributed by atoms with Crippen LogP contribution in [0.4, 0.5) is 23.4 Å². The Hall–Kier alpha value is -5.41. The number of carbonyl (C=O) groups excluding carboxylic acids is 4. The van der Waals surface area contributed by atoms with Crippen LogP contribution in [0.25, 0.3) is 0 Å². The van der Waals surface area contributed by atoms with Gasteiger partial charge in [0.25, 0.3) is 5.91 Å². The minimum atomic E-state index is -4.80. The van der Waals surface area contributed by atoms with Crippen LogP contribution in [0.5, 0.6) is 0 Å². The summed E-state index contributed by atoms with van der Waals surface area (Å²) in [5, 5.41) is 5.13. The van der Waals surface area contributed by atoms with Crippen molar-refractivity contribution in [3.05, 3.63) is 119 Å². The maximum atomic E-state index is 14.3. The molecular formula is C38H40F4N6O5. The van der Waals surface area contributed by atoms with E-state index < -0.39 is 58.8 Å². The number of hydrogen-bond acceptors (Lipinski definition) is 7. The summed E-state index contributed by atoms with van der Waals surface area (Å²) in [6.07, 6.45) is -1.93. The molecule has 1 aliphatic rings. The van der Waals surface area contributed by atoms with Crippen molar-refractivity contribution in [2.75, 3.05) is 25.0 Å². The number of nitrogens with two attached hydrogens (primary N) is 1. The number of piperidine rings is 1. The summed E-state index contributed by atoms with van der Waals surface area (Å²) in [5.74, 6) is -3.30. The summed E-state index contributed by atoms with van der Waals surface area (Å²) in [6, 6.07) is 16.2. The van der Waals surface area contributed by atoms with Gasteiger partial charge in [0.1, 0.15) is 17.9 Å². The molecule has 0 spiro atoms. The zero-order chi connectivity index (χ0) is 38.3. The van der Waals surface area contributed by atoms with Gasteiger partial charge in [-0.25, -0.2) is 9.37 Å². The zero-order valence-corrected chi connectivity index (χ0v) is 29.1. The molecule has 2 heterocycles. The van der Waals surface area contributed by atoms with Gasteiger partial charge < -0.3 is 30.6 Å². The fraction of sp³-hybridized carbons (Fsp3) is 0.342. The predicted molar refractivity (Wildman–Crippen MR) is 187 cm³/mol. The summed E-state index contributed by atoms with van der Waals surface area (Å²) >= 11 is 0. The van der Waals surface area contributed by atoms with Gasteiger partial charge >= 0.3 is 6.18 Å². The molecule has 1 aromatic heterocycles. The van der Waals surface area contributed by atoms with Crippen molar-refractivity contribution in [1.82, 2.24) is 19.8 Å². The first-order chi connectivity index (χ1) is 25.1. The van der Waals surface area contributed by atoms with E-state index in [9.17, 15) is 36.7 Å². The third-order valence-electron chi connectivity index (χ3n) is 8.85. The summed E-state index contributed by atoms with van der Waals surface area (Å²) in [4.78, 5) is 59.0. The third kappa shape index (κ3) is 9.93. The van der Waals surface area contributed by atoms with E-state index >= 15 is 0 Å². The molecule has 1 aliphatic heterocycles. The number of rotatable bonds is 13. The fourth-order valence-corrected chi connectivity index (χ4v) is 5.95. The highest BCUT2D eigenvalue weighted by molar-refractivity contribution is 5.99. The van der Waals surface area contributed by atoms with Gasteiger partial charge in [-0.1, -0.05) is 48.5 Å². The Kier molecular flexibility index (Phi) is 12.1. The molecule has 1 fully saturated rings. The molecule has 0 radical (unpaired) electrons. The van der Waals surface area contributed by atoms with Crippen molar-refractivity contribution in [2.45, 2.75) is 57.1 Å². The second-order valence-electron chi connectivity index (χ2n) is 13.4. The fourth-order valence-electron chi connectivity index (χ4n) is 5.95. The molecule has 0 saturated carbocycles. The number of benzene rings is 3. The van der Waals surface area contributed by atoms with Gasteiger partial charge in [0.2, 0.25) is 11.8 Å². The van der Waals surface area contributed by atoms with Crippen LogP contribution in [-0.4, -0.2) is 69.2 Å². The SMILES string of the molecule is CC(C)(N)C(=O)NC(COCc1ccccc1)C(=O)Nc1cn(C(C(=O)N2CCC(C(=O)c3ccc(F)cc3)CC2)c2ccccc2C(F)(F)F)cn1. The average molecular weight is 737 g/mol. The van der Waals surface area contributed by atoms with Crippen LogP contribution in [-0.2, 0) is 31.9 Å². The molecule has 15 heteroatoms. The maximum absolute atomic E-state index is 14.3. The standard InChI is InChI=1S/C38H40F4N6O5/c1-37(2,43)36(52)45-30(22-53-21-24-8-4-3-5-9-24)34(50)46-31-20-48(23-44-31)32(28-10-6-7-11-29(28)38(40,41)42)35(51)47-18-16-26(17-19-47)33(49)25-12-14-27(39)15-13-25/h3-15,20,23,26,30,32H,16-19,21-22,43H2,1-2H3,(H,45,52)(H,46,50). The first kappa shape index (κ1) is 38.8. The summed E-state index contributed by atoms with van der Waals surface area (Å²) in [6.45, 7) is 2.99. The number of likely N-dealkylation sites (tertiary alicyclic amines) is 1. The lowest BCUT2D eigenvalue weighted by molar-refractivity contribution is -0.140. The highest BCUT2D eigenvalue weighted by Crippen LogP contribution is 2.37. The number of amides is 3. The maximum Gasteiger partial charge on any atom is 0.416 e. The van der Waals surface area contributed by atoms with Crippen molar-refractivity contribution in [2.24, 2.45) is 11.7 Å². The summed E-state index contributed by atoms with van der Waals surface area (Å²) < 4.78 is 63.2. The lowest BCUT2D eigenvalue weighted by atomic mass is 9.88. The lowest BCUT2D eigenvalue weighted by Crippen LogP contribution is -2.56. The second-order valence-corrected chi connectivity index (χ2v) is 13.4. The second kappa shape index (κ2) is 16.5. The normalized spacial score (nSPS) is 15.0. The van der Waals surface area contributed by atoms with Crippen LogP contribution >= 0.6 is 0 Å². The highest BCUT2D eigenvalue weighted by Gasteiger charge is 2.40. The number of ether oxygens (including phenoxy) is 1. The number of aromatic nitrogens is 2. The number of nitrogens with one attached hydrogen (secondary N) is 2. The van der Waals surface area contributed by atoms with Gasteiger partial charge in [0, 0.05) is 30.8 Å². The number of nitrogens with zero attached hydrogens (tertiary/aromatic N) is 3. The third-order valence-corrected chi connectivity index (χ3v) is 8.85. The van der Waals surface area contributed by atoms with Crippen LogP contribution in [0.15, 0.2) is 91.4 Å². The highest BCUT2D eigenvalue weighted by atomic mass is 19.4. The number of alkyl halides is 3. The Morgan fingerprint density at radius 2 is 1.58 bits per heavy atom. The number of halogens is 4. The monoisotopic (exact) mass is 736 g/mol. The van der Waals surface area contributed by atoms with Crippen LogP contribution < -0.4 is 16.4 Å².